The Labute approximate surface area is 155 Å². The molecule has 138 valence electrons. The fourth-order valence-electron chi connectivity index (χ4n) is 2.71. The lowest BCUT2D eigenvalue weighted by molar-refractivity contribution is -0.384. The molecule has 27 heavy (non-hydrogen) atoms. The Kier molecular flexibility index (Phi) is 5.46. The number of carbonyl (C=O) groups excluding carboxylic acids is 2. The van der Waals surface area contributed by atoms with Crippen LogP contribution in [-0.4, -0.2) is 36.4 Å². The van der Waals surface area contributed by atoms with Gasteiger partial charge in [-0.3, -0.25) is 19.7 Å². The van der Waals surface area contributed by atoms with Gasteiger partial charge in [-0.1, -0.05) is 12.1 Å². The molecule has 8 heteroatoms. The molecule has 8 nitrogen and oxygen atoms in total. The topological polar surface area (TPSA) is 105 Å². The number of carbonyl (C=O) groups is 2. The van der Waals surface area contributed by atoms with Crippen LogP contribution in [0.3, 0.4) is 0 Å². The lowest BCUT2D eigenvalue weighted by Gasteiger charge is -2.28. The summed E-state index contributed by atoms with van der Waals surface area (Å²) < 4.78 is 0. The minimum atomic E-state index is -0.481. The molecular formula is C19H18N4O4. The van der Waals surface area contributed by atoms with E-state index in [9.17, 15) is 19.7 Å². The Bertz CT molecular complexity index is 893. The van der Waals surface area contributed by atoms with Crippen molar-refractivity contribution in [3.8, 4) is 0 Å². The minimum Gasteiger partial charge on any atom is -0.360 e. The van der Waals surface area contributed by atoms with E-state index in [0.29, 0.717) is 24.3 Å². The number of amides is 2. The molecule has 0 atom stereocenters. The maximum Gasteiger partial charge on any atom is 0.270 e. The third-order valence-corrected chi connectivity index (χ3v) is 4.05. The Balaban J connectivity index is 1.60. The highest BCUT2D eigenvalue weighted by Gasteiger charge is 2.16. The fourth-order valence-corrected chi connectivity index (χ4v) is 2.71. The number of rotatable bonds is 5. The first-order valence-electron chi connectivity index (χ1n) is 8.36. The van der Waals surface area contributed by atoms with Gasteiger partial charge in [0.25, 0.3) is 5.69 Å². The molecule has 2 aromatic rings. The number of piperazine rings is 1. The summed E-state index contributed by atoms with van der Waals surface area (Å²) in [6.07, 6.45) is 2.84. The number of benzene rings is 2. The molecule has 1 aliphatic rings. The van der Waals surface area contributed by atoms with E-state index < -0.39 is 4.92 Å². The van der Waals surface area contributed by atoms with E-state index in [2.05, 4.69) is 10.6 Å². The van der Waals surface area contributed by atoms with Gasteiger partial charge in [0.05, 0.1) is 11.5 Å². The first kappa shape index (κ1) is 18.1. The highest BCUT2D eigenvalue weighted by atomic mass is 16.6. The predicted octanol–water partition coefficient (Wildman–Crippen LogP) is 2.18. The average Bonchev–Trinajstić information content (AvgIpc) is 2.67. The molecule has 0 bridgehead atoms. The van der Waals surface area contributed by atoms with E-state index in [1.54, 1.807) is 24.3 Å². The molecule has 0 aromatic heterocycles. The second-order valence-corrected chi connectivity index (χ2v) is 5.99. The third-order valence-electron chi connectivity index (χ3n) is 4.05. The Hall–Kier alpha value is -3.68. The van der Waals surface area contributed by atoms with Gasteiger partial charge in [0.2, 0.25) is 11.8 Å². The highest BCUT2D eigenvalue weighted by molar-refractivity contribution is 6.02. The minimum absolute atomic E-state index is 0.00934. The first-order valence-corrected chi connectivity index (χ1v) is 8.36. The molecule has 1 saturated heterocycles. The van der Waals surface area contributed by atoms with Crippen molar-refractivity contribution in [3.05, 3.63) is 70.3 Å². The zero-order valence-corrected chi connectivity index (χ0v) is 14.4. The van der Waals surface area contributed by atoms with Crippen molar-refractivity contribution in [2.24, 2.45) is 0 Å². The van der Waals surface area contributed by atoms with Crippen molar-refractivity contribution in [1.82, 2.24) is 5.32 Å². The normalized spacial score (nSPS) is 14.1. The van der Waals surface area contributed by atoms with E-state index in [0.717, 1.165) is 12.2 Å². The largest absolute Gasteiger partial charge is 0.360 e. The molecule has 0 aliphatic carbocycles. The van der Waals surface area contributed by atoms with Gasteiger partial charge in [-0.15, -0.1) is 0 Å². The summed E-state index contributed by atoms with van der Waals surface area (Å²) in [7, 11) is 0. The van der Waals surface area contributed by atoms with Crippen LogP contribution in [-0.2, 0) is 9.59 Å². The van der Waals surface area contributed by atoms with Gasteiger partial charge in [0.15, 0.2) is 0 Å². The number of hydrogen-bond acceptors (Lipinski definition) is 5. The van der Waals surface area contributed by atoms with Gasteiger partial charge >= 0.3 is 0 Å². The van der Waals surface area contributed by atoms with Gasteiger partial charge in [-0.05, 0) is 35.9 Å². The highest BCUT2D eigenvalue weighted by Crippen LogP contribution is 2.19. The lowest BCUT2D eigenvalue weighted by Crippen LogP contribution is -2.47. The van der Waals surface area contributed by atoms with Gasteiger partial charge in [0, 0.05) is 42.7 Å². The molecule has 1 aliphatic heterocycles. The van der Waals surface area contributed by atoms with Crippen LogP contribution in [0.5, 0.6) is 0 Å². The fraction of sp³-hybridized carbons (Fsp3) is 0.158. The molecule has 2 N–H and O–H groups in total. The standard InChI is InChI=1S/C19H18N4O4/c24-18(9-4-14-2-1-3-17(12-14)23(26)27)21-15-5-7-16(8-6-15)22-11-10-20-19(25)13-22/h1-9,12H,10-11,13H2,(H,20,25)(H,21,24)/b9-4-. The molecule has 0 spiro atoms. The maximum atomic E-state index is 12.0. The summed E-state index contributed by atoms with van der Waals surface area (Å²) >= 11 is 0. The quantitative estimate of drug-likeness (QED) is 0.479. The number of nitrogens with one attached hydrogen (secondary N) is 2. The summed E-state index contributed by atoms with van der Waals surface area (Å²) in [4.78, 5) is 35.7. The maximum absolute atomic E-state index is 12.0. The molecular weight excluding hydrogens is 348 g/mol. The second-order valence-electron chi connectivity index (χ2n) is 5.99. The smallest absolute Gasteiger partial charge is 0.270 e. The molecule has 2 aromatic carbocycles. The van der Waals surface area contributed by atoms with Gasteiger partial charge in [0.1, 0.15) is 0 Å². The molecule has 0 saturated carbocycles. The zero-order valence-electron chi connectivity index (χ0n) is 14.4. The number of anilines is 2. The van der Waals surface area contributed by atoms with Gasteiger partial charge < -0.3 is 15.5 Å². The van der Waals surface area contributed by atoms with Crippen LogP contribution in [0.1, 0.15) is 5.56 Å². The van der Waals surface area contributed by atoms with E-state index >= 15 is 0 Å². The van der Waals surface area contributed by atoms with Crippen LogP contribution in [0.4, 0.5) is 17.1 Å². The van der Waals surface area contributed by atoms with Gasteiger partial charge in [-0.2, -0.15) is 0 Å². The molecule has 0 radical (unpaired) electrons. The van der Waals surface area contributed by atoms with Crippen molar-refractivity contribution in [2.75, 3.05) is 29.9 Å². The summed E-state index contributed by atoms with van der Waals surface area (Å²) in [6.45, 7) is 1.67. The van der Waals surface area contributed by atoms with Crippen LogP contribution in [0.25, 0.3) is 6.08 Å². The summed E-state index contributed by atoms with van der Waals surface area (Å²) in [5, 5.41) is 16.3. The summed E-state index contributed by atoms with van der Waals surface area (Å²) in [5.74, 6) is -0.350. The average molecular weight is 366 g/mol. The third kappa shape index (κ3) is 4.91. The number of hydrogen-bond donors (Lipinski definition) is 2. The Morgan fingerprint density at radius 2 is 2.00 bits per heavy atom. The van der Waals surface area contributed by atoms with Crippen molar-refractivity contribution in [2.45, 2.75) is 0 Å². The number of nitro groups is 1. The summed E-state index contributed by atoms with van der Waals surface area (Å²) in [5.41, 5.74) is 2.07. The van der Waals surface area contributed by atoms with E-state index in [-0.39, 0.29) is 17.5 Å². The Morgan fingerprint density at radius 1 is 1.22 bits per heavy atom. The molecule has 1 heterocycles. The first-order chi connectivity index (χ1) is 13.0. The summed E-state index contributed by atoms with van der Waals surface area (Å²) in [6, 6.07) is 13.3. The van der Waals surface area contributed by atoms with Crippen LogP contribution in [0, 0.1) is 10.1 Å². The van der Waals surface area contributed by atoms with Crippen molar-refractivity contribution in [1.29, 1.82) is 0 Å². The van der Waals surface area contributed by atoms with Crippen molar-refractivity contribution < 1.29 is 14.5 Å². The van der Waals surface area contributed by atoms with E-state index in [1.807, 2.05) is 17.0 Å². The molecule has 3 rings (SSSR count). The van der Waals surface area contributed by atoms with Crippen LogP contribution in [0.2, 0.25) is 0 Å². The molecule has 2 amide bonds. The van der Waals surface area contributed by atoms with Crippen LogP contribution >= 0.6 is 0 Å². The van der Waals surface area contributed by atoms with E-state index in [4.69, 9.17) is 0 Å². The van der Waals surface area contributed by atoms with Crippen LogP contribution < -0.4 is 15.5 Å². The monoisotopic (exact) mass is 366 g/mol. The van der Waals surface area contributed by atoms with Crippen LogP contribution in [0.15, 0.2) is 54.6 Å². The van der Waals surface area contributed by atoms with Gasteiger partial charge in [-0.25, -0.2) is 0 Å². The SMILES string of the molecule is O=C(/C=C\c1cccc([N+](=O)[O-])c1)Nc1ccc(N2CCNC(=O)C2)cc1. The second kappa shape index (κ2) is 8.13. The lowest BCUT2D eigenvalue weighted by atomic mass is 10.2. The van der Waals surface area contributed by atoms with Crippen molar-refractivity contribution >= 4 is 35.0 Å². The number of nitro benzene ring substituents is 1. The molecule has 0 unspecified atom stereocenters. The predicted molar refractivity (Wildman–Crippen MR) is 102 cm³/mol. The number of non-ortho nitro benzene ring substituents is 1. The zero-order chi connectivity index (χ0) is 19.2. The number of nitrogens with zero attached hydrogens (tertiary/aromatic N) is 2. The molecule has 1 fully saturated rings. The van der Waals surface area contributed by atoms with E-state index in [1.165, 1.54) is 24.3 Å². The Morgan fingerprint density at radius 3 is 2.70 bits per heavy atom. The van der Waals surface area contributed by atoms with Crippen molar-refractivity contribution in [3.63, 3.8) is 0 Å².